The number of Topliss-reactive ketones (excluding diaryl/α,β-unsaturated/α-hetero) is 1. The minimum absolute atomic E-state index is 0.121. The van der Waals surface area contributed by atoms with Crippen LogP contribution >= 0.6 is 0 Å². The lowest BCUT2D eigenvalue weighted by molar-refractivity contribution is -0.147. The molecular formula is C23H27N3O3. The second-order valence-corrected chi connectivity index (χ2v) is 9.44. The predicted octanol–water partition coefficient (Wildman–Crippen LogP) is 3.83. The van der Waals surface area contributed by atoms with Gasteiger partial charge in [0.15, 0.2) is 18.2 Å². The zero-order valence-electron chi connectivity index (χ0n) is 17.1. The van der Waals surface area contributed by atoms with Gasteiger partial charge in [-0.3, -0.25) is 4.79 Å². The van der Waals surface area contributed by atoms with E-state index in [1.54, 1.807) is 16.8 Å². The summed E-state index contributed by atoms with van der Waals surface area (Å²) >= 11 is 0. The third-order valence-corrected chi connectivity index (χ3v) is 7.17. The molecule has 6 nitrogen and oxygen atoms in total. The first kappa shape index (κ1) is 18.5. The Labute approximate surface area is 170 Å². The van der Waals surface area contributed by atoms with Crippen molar-refractivity contribution in [1.82, 2.24) is 14.8 Å². The highest BCUT2D eigenvalue weighted by Crippen LogP contribution is 2.60. The number of hydrogen-bond acceptors (Lipinski definition) is 5. The predicted molar refractivity (Wildman–Crippen MR) is 107 cm³/mol. The molecule has 2 aromatic rings. The number of ether oxygens (including phenoxy) is 1. The molecule has 6 rings (SSSR count). The number of esters is 1. The van der Waals surface area contributed by atoms with Gasteiger partial charge in [-0.2, -0.15) is 5.10 Å². The molecule has 4 fully saturated rings. The average molecular weight is 393 g/mol. The Morgan fingerprint density at radius 3 is 2.28 bits per heavy atom. The van der Waals surface area contributed by atoms with Gasteiger partial charge in [0.1, 0.15) is 0 Å². The smallest absolute Gasteiger partial charge is 0.340 e. The van der Waals surface area contributed by atoms with E-state index in [2.05, 4.69) is 10.1 Å². The van der Waals surface area contributed by atoms with E-state index in [1.165, 1.54) is 25.5 Å². The SMILES string of the molecule is Cc1cc(C)n(-c2ccc(C(=O)OCC(=O)C34CC5CC(CC(C5)C3)C4)cn2)n1. The van der Waals surface area contributed by atoms with Crippen molar-refractivity contribution < 1.29 is 14.3 Å². The molecule has 29 heavy (non-hydrogen) atoms. The van der Waals surface area contributed by atoms with E-state index in [-0.39, 0.29) is 17.8 Å². The molecule has 2 heterocycles. The third-order valence-electron chi connectivity index (χ3n) is 7.17. The van der Waals surface area contributed by atoms with Crippen molar-refractivity contribution >= 4 is 11.8 Å². The summed E-state index contributed by atoms with van der Waals surface area (Å²) in [5, 5.41) is 4.40. The highest BCUT2D eigenvalue weighted by Gasteiger charge is 2.54. The van der Waals surface area contributed by atoms with Crippen LogP contribution in [0.4, 0.5) is 0 Å². The second kappa shape index (κ2) is 6.78. The first-order valence-corrected chi connectivity index (χ1v) is 10.6. The first-order chi connectivity index (χ1) is 13.9. The third kappa shape index (κ3) is 3.28. The molecule has 0 saturated heterocycles. The van der Waals surface area contributed by atoms with E-state index >= 15 is 0 Å². The van der Waals surface area contributed by atoms with Crippen molar-refractivity contribution in [1.29, 1.82) is 0 Å². The monoisotopic (exact) mass is 393 g/mol. The molecule has 0 N–H and O–H groups in total. The maximum atomic E-state index is 13.0. The normalized spacial score (nSPS) is 29.8. The Bertz CT molecular complexity index is 925. The molecule has 0 atom stereocenters. The van der Waals surface area contributed by atoms with E-state index in [9.17, 15) is 9.59 Å². The summed E-state index contributed by atoms with van der Waals surface area (Å²) in [5.74, 6) is 2.38. The summed E-state index contributed by atoms with van der Waals surface area (Å²) in [6.45, 7) is 3.76. The Morgan fingerprint density at radius 1 is 1.10 bits per heavy atom. The lowest BCUT2D eigenvalue weighted by Crippen LogP contribution is -2.51. The Kier molecular flexibility index (Phi) is 4.33. The minimum atomic E-state index is -0.490. The zero-order chi connectivity index (χ0) is 20.2. The summed E-state index contributed by atoms with van der Waals surface area (Å²) < 4.78 is 7.14. The van der Waals surface area contributed by atoms with Gasteiger partial charge in [-0.25, -0.2) is 14.5 Å². The van der Waals surface area contributed by atoms with Crippen LogP contribution in [0.2, 0.25) is 0 Å². The van der Waals surface area contributed by atoms with Gasteiger partial charge in [-0.1, -0.05) is 0 Å². The van der Waals surface area contributed by atoms with Gasteiger partial charge in [0, 0.05) is 17.3 Å². The van der Waals surface area contributed by atoms with Gasteiger partial charge in [-0.15, -0.1) is 0 Å². The van der Waals surface area contributed by atoms with Crippen LogP contribution in [-0.2, 0) is 9.53 Å². The summed E-state index contributed by atoms with van der Waals surface area (Å²) in [7, 11) is 0. The van der Waals surface area contributed by atoms with Crippen molar-refractivity contribution in [2.24, 2.45) is 23.2 Å². The van der Waals surface area contributed by atoms with Crippen molar-refractivity contribution in [3.63, 3.8) is 0 Å². The van der Waals surface area contributed by atoms with Crippen molar-refractivity contribution in [3.8, 4) is 5.82 Å². The van der Waals surface area contributed by atoms with Crippen molar-refractivity contribution in [2.45, 2.75) is 52.4 Å². The highest BCUT2D eigenvalue weighted by molar-refractivity contribution is 5.93. The summed E-state index contributed by atoms with van der Waals surface area (Å²) in [5.41, 5.74) is 2.02. The maximum Gasteiger partial charge on any atom is 0.340 e. The molecule has 4 aliphatic carbocycles. The summed E-state index contributed by atoms with van der Waals surface area (Å²) in [6, 6.07) is 5.40. The molecule has 2 aromatic heterocycles. The second-order valence-electron chi connectivity index (χ2n) is 9.44. The fourth-order valence-corrected chi connectivity index (χ4v) is 6.31. The molecule has 4 bridgehead atoms. The maximum absolute atomic E-state index is 13.0. The van der Waals surface area contributed by atoms with Crippen molar-refractivity contribution in [2.75, 3.05) is 6.61 Å². The van der Waals surface area contributed by atoms with Crippen LogP contribution in [0.5, 0.6) is 0 Å². The number of carbonyl (C=O) groups excluding carboxylic acids is 2. The highest BCUT2D eigenvalue weighted by atomic mass is 16.5. The number of hydrogen-bond donors (Lipinski definition) is 0. The van der Waals surface area contributed by atoms with Crippen LogP contribution in [-0.4, -0.2) is 33.1 Å². The molecule has 0 spiro atoms. The summed E-state index contributed by atoms with van der Waals surface area (Å²) in [4.78, 5) is 29.8. The molecule has 0 unspecified atom stereocenters. The fourth-order valence-electron chi connectivity index (χ4n) is 6.31. The van der Waals surface area contributed by atoms with Crippen LogP contribution in [0.1, 0.15) is 60.3 Å². The van der Waals surface area contributed by atoms with Crippen LogP contribution in [0.15, 0.2) is 24.4 Å². The van der Waals surface area contributed by atoms with Crippen LogP contribution in [0, 0.1) is 37.0 Å². The van der Waals surface area contributed by atoms with E-state index in [0.717, 1.165) is 30.7 Å². The molecule has 4 saturated carbocycles. The number of aryl methyl sites for hydroxylation is 2. The lowest BCUT2D eigenvalue weighted by Gasteiger charge is -2.55. The van der Waals surface area contributed by atoms with Gasteiger partial charge in [0.2, 0.25) is 0 Å². The van der Waals surface area contributed by atoms with E-state index in [1.807, 2.05) is 19.9 Å². The molecular weight excluding hydrogens is 366 g/mol. The molecule has 152 valence electrons. The molecule has 0 amide bonds. The van der Waals surface area contributed by atoms with Crippen LogP contribution in [0.25, 0.3) is 5.82 Å². The van der Waals surface area contributed by atoms with E-state index in [4.69, 9.17) is 4.74 Å². The number of rotatable bonds is 5. The average Bonchev–Trinajstić information content (AvgIpc) is 3.03. The van der Waals surface area contributed by atoms with Gasteiger partial charge < -0.3 is 4.74 Å². The van der Waals surface area contributed by atoms with Crippen LogP contribution < -0.4 is 0 Å². The number of pyridine rings is 1. The number of aromatic nitrogens is 3. The molecule has 0 aliphatic heterocycles. The first-order valence-electron chi connectivity index (χ1n) is 10.6. The minimum Gasteiger partial charge on any atom is -0.454 e. The van der Waals surface area contributed by atoms with E-state index < -0.39 is 5.97 Å². The van der Waals surface area contributed by atoms with Crippen molar-refractivity contribution in [3.05, 3.63) is 41.3 Å². The Hall–Kier alpha value is -2.50. The summed E-state index contributed by atoms with van der Waals surface area (Å²) in [6.07, 6.45) is 8.35. The quantitative estimate of drug-likeness (QED) is 0.722. The van der Waals surface area contributed by atoms with Crippen LogP contribution in [0.3, 0.4) is 0 Å². The largest absolute Gasteiger partial charge is 0.454 e. The topological polar surface area (TPSA) is 74.1 Å². The standard InChI is InChI=1S/C23H27N3O3/c1-14-5-15(2)26(25-14)21-4-3-19(12-24-21)22(28)29-13-20(27)23-9-16-6-17(10-23)8-18(7-16)11-23/h3-5,12,16-18H,6-11,13H2,1-2H3. The zero-order valence-corrected chi connectivity index (χ0v) is 17.1. The fraction of sp³-hybridized carbons (Fsp3) is 0.565. The van der Waals surface area contributed by atoms with Gasteiger partial charge in [0.25, 0.3) is 0 Å². The van der Waals surface area contributed by atoms with Gasteiger partial charge in [0.05, 0.1) is 11.3 Å². The van der Waals surface area contributed by atoms with E-state index in [0.29, 0.717) is 29.1 Å². The lowest BCUT2D eigenvalue weighted by atomic mass is 9.48. The number of carbonyl (C=O) groups is 2. The number of nitrogens with zero attached hydrogens (tertiary/aromatic N) is 3. The van der Waals surface area contributed by atoms with Gasteiger partial charge >= 0.3 is 5.97 Å². The molecule has 6 heteroatoms. The Morgan fingerprint density at radius 2 is 1.76 bits per heavy atom. The van der Waals surface area contributed by atoms with Gasteiger partial charge in [-0.05, 0) is 88.3 Å². The number of ketones is 1. The Balaban J connectivity index is 1.23. The molecule has 0 radical (unpaired) electrons. The molecule has 4 aliphatic rings. The molecule has 0 aromatic carbocycles.